The van der Waals surface area contributed by atoms with E-state index in [1.165, 1.54) is 0 Å². The van der Waals surface area contributed by atoms with E-state index in [0.29, 0.717) is 23.6 Å². The maximum absolute atomic E-state index is 10.3. The molecule has 0 amide bonds. The normalized spacial score (nSPS) is 22.7. The van der Waals surface area contributed by atoms with Crippen molar-refractivity contribution in [3.8, 4) is 11.8 Å². The van der Waals surface area contributed by atoms with Gasteiger partial charge in [0.05, 0.1) is 12.1 Å². The highest BCUT2D eigenvalue weighted by molar-refractivity contribution is 6.30. The summed E-state index contributed by atoms with van der Waals surface area (Å²) >= 11 is 6.31. The Morgan fingerprint density at radius 1 is 1.20 bits per heavy atom. The standard InChI is InChI=1S/C21H25ClN4O3.CH4/c1-3-4-15-7-5-13(10-23-15)6-8-16-20(22)24-12(2)25-21(16)26-17-9-14(11-27)18(28)19(17)29;/h5,7,10,14,17-19,27-29H,3-4,9,11H2,1-2H3,(H,24,25,26);1H4/t14-,17-,18-,19+;/m1./s1. The molecule has 162 valence electrons. The summed E-state index contributed by atoms with van der Waals surface area (Å²) in [4.78, 5) is 12.9. The zero-order chi connectivity index (χ0) is 21.0. The number of nitrogens with one attached hydrogen (secondary N) is 1. The first-order valence-corrected chi connectivity index (χ1v) is 10.0. The highest BCUT2D eigenvalue weighted by Gasteiger charge is 2.41. The minimum atomic E-state index is -1.03. The molecule has 1 aliphatic carbocycles. The molecule has 0 bridgehead atoms. The number of nitrogens with zero attached hydrogens (tertiary/aromatic N) is 3. The Morgan fingerprint density at radius 3 is 2.57 bits per heavy atom. The Bertz CT molecular complexity index is 911. The average molecular weight is 433 g/mol. The quantitative estimate of drug-likeness (QED) is 0.423. The van der Waals surface area contributed by atoms with E-state index < -0.39 is 24.2 Å². The first-order chi connectivity index (χ1) is 13.9. The molecule has 4 atom stereocenters. The number of aliphatic hydroxyl groups is 3. The highest BCUT2D eigenvalue weighted by Crippen LogP contribution is 2.30. The molecule has 0 aromatic carbocycles. The van der Waals surface area contributed by atoms with Crippen LogP contribution in [0, 0.1) is 24.7 Å². The monoisotopic (exact) mass is 432 g/mol. The SMILES string of the molecule is C.CCCc1ccc(C#Cc2c(Cl)nc(C)nc2N[C@@H]2C[C@H](CO)[C@@H](O)[C@H]2O)cn1. The summed E-state index contributed by atoms with van der Waals surface area (Å²) in [6, 6.07) is 3.37. The van der Waals surface area contributed by atoms with Crippen LogP contribution in [0.4, 0.5) is 5.82 Å². The molecule has 2 aromatic heterocycles. The molecule has 1 fully saturated rings. The third-order valence-corrected chi connectivity index (χ3v) is 5.27. The molecule has 2 aromatic rings. The van der Waals surface area contributed by atoms with E-state index in [2.05, 4.69) is 39.0 Å². The van der Waals surface area contributed by atoms with Gasteiger partial charge < -0.3 is 20.6 Å². The van der Waals surface area contributed by atoms with Gasteiger partial charge in [0.1, 0.15) is 23.3 Å². The van der Waals surface area contributed by atoms with Crippen molar-refractivity contribution in [3.63, 3.8) is 0 Å². The Labute approximate surface area is 182 Å². The maximum Gasteiger partial charge on any atom is 0.150 e. The number of anilines is 1. The fourth-order valence-electron chi connectivity index (χ4n) is 3.42. The molecule has 4 N–H and O–H groups in total. The number of pyridine rings is 1. The second kappa shape index (κ2) is 10.7. The van der Waals surface area contributed by atoms with Crippen molar-refractivity contribution >= 4 is 17.4 Å². The van der Waals surface area contributed by atoms with Crippen molar-refractivity contribution in [2.75, 3.05) is 11.9 Å². The molecule has 0 unspecified atom stereocenters. The Balaban J connectivity index is 0.00000320. The largest absolute Gasteiger partial charge is 0.396 e. The first-order valence-electron chi connectivity index (χ1n) is 9.67. The van der Waals surface area contributed by atoms with Gasteiger partial charge in [0.25, 0.3) is 0 Å². The lowest BCUT2D eigenvalue weighted by Crippen LogP contribution is -2.35. The average Bonchev–Trinajstić information content (AvgIpc) is 2.96. The van der Waals surface area contributed by atoms with Crippen LogP contribution >= 0.6 is 11.6 Å². The Morgan fingerprint density at radius 2 is 1.97 bits per heavy atom. The van der Waals surface area contributed by atoms with Crippen LogP contribution < -0.4 is 5.32 Å². The lowest BCUT2D eigenvalue weighted by atomic mass is 10.1. The van der Waals surface area contributed by atoms with E-state index in [9.17, 15) is 15.3 Å². The molecule has 8 heteroatoms. The molecular formula is C22H29ClN4O3. The summed E-state index contributed by atoms with van der Waals surface area (Å²) in [5, 5.41) is 33.0. The predicted octanol–water partition coefficient (Wildman–Crippen LogP) is 2.34. The van der Waals surface area contributed by atoms with Crippen molar-refractivity contribution < 1.29 is 15.3 Å². The molecule has 1 saturated carbocycles. The topological polar surface area (TPSA) is 111 Å². The van der Waals surface area contributed by atoms with Crippen molar-refractivity contribution in [1.29, 1.82) is 0 Å². The van der Waals surface area contributed by atoms with Gasteiger partial charge >= 0.3 is 0 Å². The first kappa shape index (κ1) is 24.0. The minimum absolute atomic E-state index is 0. The summed E-state index contributed by atoms with van der Waals surface area (Å²) in [5.41, 5.74) is 2.16. The lowest BCUT2D eigenvalue weighted by molar-refractivity contribution is 0.00445. The van der Waals surface area contributed by atoms with E-state index in [0.717, 1.165) is 24.1 Å². The molecular weight excluding hydrogens is 404 g/mol. The van der Waals surface area contributed by atoms with Crippen LogP contribution in [-0.4, -0.2) is 55.1 Å². The number of rotatable bonds is 5. The Kier molecular flexibility index (Phi) is 8.56. The molecule has 3 rings (SSSR count). The van der Waals surface area contributed by atoms with Crippen LogP contribution in [0.15, 0.2) is 18.3 Å². The van der Waals surface area contributed by atoms with Crippen LogP contribution in [0.1, 0.15) is 49.8 Å². The molecule has 7 nitrogen and oxygen atoms in total. The summed E-state index contributed by atoms with van der Waals surface area (Å²) in [5.74, 6) is 6.47. The number of aliphatic hydroxyl groups excluding tert-OH is 3. The Hall–Kier alpha value is -2.24. The third kappa shape index (κ3) is 5.46. The summed E-state index contributed by atoms with van der Waals surface area (Å²) in [7, 11) is 0. The zero-order valence-electron chi connectivity index (χ0n) is 16.4. The third-order valence-electron chi connectivity index (χ3n) is 5.00. The van der Waals surface area contributed by atoms with Crippen LogP contribution in [0.2, 0.25) is 5.15 Å². The molecule has 0 saturated heterocycles. The van der Waals surface area contributed by atoms with E-state index in [1.807, 2.05) is 12.1 Å². The van der Waals surface area contributed by atoms with E-state index in [-0.39, 0.29) is 19.2 Å². The fraction of sp³-hybridized carbons (Fsp3) is 0.500. The van der Waals surface area contributed by atoms with Gasteiger partial charge in [0.15, 0.2) is 5.15 Å². The van der Waals surface area contributed by atoms with Crippen LogP contribution in [0.3, 0.4) is 0 Å². The number of aromatic nitrogens is 3. The predicted molar refractivity (Wildman–Crippen MR) is 117 cm³/mol. The highest BCUT2D eigenvalue weighted by atomic mass is 35.5. The van der Waals surface area contributed by atoms with E-state index in [1.54, 1.807) is 13.1 Å². The van der Waals surface area contributed by atoms with E-state index >= 15 is 0 Å². The number of hydrogen-bond acceptors (Lipinski definition) is 7. The van der Waals surface area contributed by atoms with Gasteiger partial charge in [-0.2, -0.15) is 0 Å². The smallest absolute Gasteiger partial charge is 0.150 e. The molecule has 0 radical (unpaired) electrons. The van der Waals surface area contributed by atoms with Crippen molar-refractivity contribution in [3.05, 3.63) is 46.1 Å². The summed E-state index contributed by atoms with van der Waals surface area (Å²) < 4.78 is 0. The van der Waals surface area contributed by atoms with E-state index in [4.69, 9.17) is 11.6 Å². The van der Waals surface area contributed by atoms with Gasteiger partial charge in [-0.15, -0.1) is 0 Å². The number of aryl methyl sites for hydroxylation is 2. The van der Waals surface area contributed by atoms with Crippen molar-refractivity contribution in [2.45, 2.75) is 58.8 Å². The molecule has 0 aliphatic heterocycles. The van der Waals surface area contributed by atoms with Gasteiger partial charge in [0.2, 0.25) is 0 Å². The molecule has 1 aliphatic rings. The molecule has 0 spiro atoms. The molecule has 30 heavy (non-hydrogen) atoms. The fourth-order valence-corrected chi connectivity index (χ4v) is 3.67. The number of halogens is 1. The van der Waals surface area contributed by atoms with Gasteiger partial charge in [-0.25, -0.2) is 9.97 Å². The molecule has 2 heterocycles. The van der Waals surface area contributed by atoms with Crippen LogP contribution in [-0.2, 0) is 6.42 Å². The second-order valence-electron chi connectivity index (χ2n) is 7.23. The number of hydrogen-bond donors (Lipinski definition) is 4. The van der Waals surface area contributed by atoms with Crippen LogP contribution in [0.25, 0.3) is 0 Å². The van der Waals surface area contributed by atoms with Crippen LogP contribution in [0.5, 0.6) is 0 Å². The maximum atomic E-state index is 10.3. The summed E-state index contributed by atoms with van der Waals surface area (Å²) in [6.45, 7) is 3.61. The summed E-state index contributed by atoms with van der Waals surface area (Å²) in [6.07, 6.45) is 2.04. The van der Waals surface area contributed by atoms with Gasteiger partial charge in [-0.05, 0) is 31.9 Å². The zero-order valence-corrected chi connectivity index (χ0v) is 17.2. The van der Waals surface area contributed by atoms with Gasteiger partial charge in [-0.1, -0.05) is 44.2 Å². The van der Waals surface area contributed by atoms with Gasteiger partial charge in [-0.3, -0.25) is 4.98 Å². The second-order valence-corrected chi connectivity index (χ2v) is 7.59. The van der Waals surface area contributed by atoms with Gasteiger partial charge in [0, 0.05) is 30.0 Å². The minimum Gasteiger partial charge on any atom is -0.396 e. The van der Waals surface area contributed by atoms with Crippen molar-refractivity contribution in [2.24, 2.45) is 5.92 Å². The lowest BCUT2D eigenvalue weighted by Gasteiger charge is -2.19. The van der Waals surface area contributed by atoms with Crippen molar-refractivity contribution in [1.82, 2.24) is 15.0 Å².